The Morgan fingerprint density at radius 2 is 1.48 bits per heavy atom. The van der Waals surface area contributed by atoms with E-state index >= 15 is 0 Å². The second-order valence-electron chi connectivity index (χ2n) is 11.8. The summed E-state index contributed by atoms with van der Waals surface area (Å²) in [6.07, 6.45) is 3.80. The number of hydrogen-bond acceptors (Lipinski definition) is 3. The monoisotopic (exact) mass is 694 g/mol. The first-order valence-electron chi connectivity index (χ1n) is 15.6. The van der Waals surface area contributed by atoms with Gasteiger partial charge in [0, 0.05) is 34.5 Å². The third kappa shape index (κ3) is 5.47. The Morgan fingerprint density at radius 3 is 2.22 bits per heavy atom. The normalized spacial score (nSPS) is 11.3. The summed E-state index contributed by atoms with van der Waals surface area (Å²) in [5.41, 5.74) is 12.4. The number of para-hydroxylation sites is 1. The fraction of sp³-hybridized carbons (Fsp3) is 0.200. The minimum absolute atomic E-state index is 0. The first-order chi connectivity index (χ1) is 21.9. The van der Waals surface area contributed by atoms with E-state index in [1.165, 1.54) is 22.3 Å². The molecule has 7 rings (SSSR count). The van der Waals surface area contributed by atoms with Crippen LogP contribution in [0.4, 0.5) is 0 Å². The maximum absolute atomic E-state index is 6.49. The van der Waals surface area contributed by atoms with Crippen LogP contribution in [0.5, 0.6) is 11.5 Å². The minimum atomic E-state index is 0. The van der Waals surface area contributed by atoms with Crippen LogP contribution in [0.2, 0.25) is 0 Å². The Hall–Kier alpha value is -4.50. The molecule has 0 aliphatic rings. The van der Waals surface area contributed by atoms with Gasteiger partial charge in [-0.15, -0.1) is 35.7 Å². The van der Waals surface area contributed by atoms with Crippen LogP contribution in [0.3, 0.4) is 0 Å². The second kappa shape index (κ2) is 12.7. The van der Waals surface area contributed by atoms with Crippen molar-refractivity contribution in [1.82, 2.24) is 19.3 Å². The standard InChI is InChI=1S/C40H36N4O.Pd/c1-7-29-12-11-13-30(8-2)40(29)39-27(5)42-44(28(39)6)31-20-26(4)21-33(23-31)45-32-16-17-35-34-14-9-10-15-36(34)43(37(35)24-32)38-22-25(3)18-19-41-38;/h9-22H,7-8H2,1-6H3;/q-2;+2. The molecular formula is C40H36N4OPd. The Labute approximate surface area is 284 Å². The molecule has 46 heavy (non-hydrogen) atoms. The van der Waals surface area contributed by atoms with Crippen LogP contribution in [0.15, 0.2) is 85.1 Å². The van der Waals surface area contributed by atoms with E-state index in [2.05, 4.69) is 119 Å². The summed E-state index contributed by atoms with van der Waals surface area (Å²) in [6.45, 7) is 12.8. The molecule has 5 nitrogen and oxygen atoms in total. The van der Waals surface area contributed by atoms with Crippen LogP contribution in [0.1, 0.15) is 47.5 Å². The van der Waals surface area contributed by atoms with Crippen LogP contribution < -0.4 is 4.74 Å². The minimum Gasteiger partial charge on any atom is -0.509 e. The average molecular weight is 695 g/mol. The molecule has 0 aliphatic carbocycles. The molecule has 3 heterocycles. The molecule has 0 fully saturated rings. The zero-order chi connectivity index (χ0) is 31.2. The van der Waals surface area contributed by atoms with Crippen molar-refractivity contribution in [2.24, 2.45) is 0 Å². The predicted octanol–water partition coefficient (Wildman–Crippen LogP) is 9.78. The van der Waals surface area contributed by atoms with E-state index < -0.39 is 0 Å². The van der Waals surface area contributed by atoms with Crippen molar-refractivity contribution in [2.75, 3.05) is 0 Å². The van der Waals surface area contributed by atoms with Crippen molar-refractivity contribution in [3.8, 4) is 34.1 Å². The number of benzene rings is 4. The molecule has 232 valence electrons. The number of aromatic nitrogens is 4. The number of pyridine rings is 1. The zero-order valence-corrected chi connectivity index (χ0v) is 28.6. The summed E-state index contributed by atoms with van der Waals surface area (Å²) in [4.78, 5) is 4.70. The van der Waals surface area contributed by atoms with Crippen molar-refractivity contribution in [3.63, 3.8) is 0 Å². The van der Waals surface area contributed by atoms with Crippen molar-refractivity contribution in [3.05, 3.63) is 131 Å². The van der Waals surface area contributed by atoms with Crippen LogP contribution in [-0.2, 0) is 33.3 Å². The largest absolute Gasteiger partial charge is 2.00 e. The number of ether oxygens (including phenoxy) is 1. The molecule has 0 saturated carbocycles. The molecule has 0 radical (unpaired) electrons. The van der Waals surface area contributed by atoms with E-state index in [9.17, 15) is 0 Å². The quantitative estimate of drug-likeness (QED) is 0.123. The van der Waals surface area contributed by atoms with E-state index in [1.807, 2.05) is 29.1 Å². The van der Waals surface area contributed by atoms with Crippen LogP contribution in [0.25, 0.3) is 44.4 Å². The number of nitrogens with zero attached hydrogens (tertiary/aromatic N) is 4. The van der Waals surface area contributed by atoms with Gasteiger partial charge in [-0.2, -0.15) is 16.7 Å². The van der Waals surface area contributed by atoms with Gasteiger partial charge in [0.1, 0.15) is 5.82 Å². The first kappa shape index (κ1) is 31.5. The number of hydrogen-bond donors (Lipinski definition) is 0. The van der Waals surface area contributed by atoms with E-state index in [0.29, 0.717) is 11.5 Å². The summed E-state index contributed by atoms with van der Waals surface area (Å²) < 4.78 is 10.7. The second-order valence-corrected chi connectivity index (χ2v) is 11.8. The van der Waals surface area contributed by atoms with Crippen molar-refractivity contribution >= 4 is 21.8 Å². The molecule has 0 amide bonds. The molecule has 6 heteroatoms. The molecule has 0 N–H and O–H groups in total. The van der Waals surface area contributed by atoms with Crippen molar-refractivity contribution in [1.29, 1.82) is 0 Å². The summed E-state index contributed by atoms with van der Waals surface area (Å²) in [5.74, 6) is 2.09. The zero-order valence-electron chi connectivity index (χ0n) is 27.0. The van der Waals surface area contributed by atoms with Gasteiger partial charge >= 0.3 is 20.4 Å². The molecule has 0 aliphatic heterocycles. The van der Waals surface area contributed by atoms with E-state index in [4.69, 9.17) is 14.8 Å². The summed E-state index contributed by atoms with van der Waals surface area (Å²) in [7, 11) is 0. The van der Waals surface area contributed by atoms with Crippen LogP contribution >= 0.6 is 0 Å². The van der Waals surface area contributed by atoms with E-state index in [-0.39, 0.29) is 20.4 Å². The third-order valence-electron chi connectivity index (χ3n) is 8.65. The Balaban J connectivity index is 0.00000372. The Morgan fingerprint density at radius 1 is 0.717 bits per heavy atom. The van der Waals surface area contributed by atoms with Gasteiger partial charge in [-0.05, 0) is 85.1 Å². The van der Waals surface area contributed by atoms with E-state index in [1.54, 1.807) is 0 Å². The fourth-order valence-electron chi connectivity index (χ4n) is 6.57. The molecule has 0 unspecified atom stereocenters. The van der Waals surface area contributed by atoms with Gasteiger partial charge in [0.2, 0.25) is 0 Å². The smallest absolute Gasteiger partial charge is 0.509 e. The van der Waals surface area contributed by atoms with Gasteiger partial charge < -0.3 is 9.30 Å². The summed E-state index contributed by atoms with van der Waals surface area (Å²) >= 11 is 0. The maximum atomic E-state index is 6.49. The van der Waals surface area contributed by atoms with Crippen molar-refractivity contribution in [2.45, 2.75) is 54.4 Å². The molecular weight excluding hydrogens is 659 g/mol. The molecule has 0 atom stereocenters. The summed E-state index contributed by atoms with van der Waals surface area (Å²) in [6, 6.07) is 34.4. The van der Waals surface area contributed by atoms with Crippen molar-refractivity contribution < 1.29 is 25.2 Å². The maximum Gasteiger partial charge on any atom is 2.00 e. The van der Waals surface area contributed by atoms with E-state index in [0.717, 1.165) is 68.7 Å². The van der Waals surface area contributed by atoms with Gasteiger partial charge in [-0.25, -0.2) is 4.98 Å². The Kier molecular flexibility index (Phi) is 8.70. The topological polar surface area (TPSA) is 44.9 Å². The average Bonchev–Trinajstić information content (AvgIpc) is 3.52. The number of fused-ring (bicyclic) bond motifs is 3. The fourth-order valence-corrected chi connectivity index (χ4v) is 6.57. The SMILES string of the molecule is CCc1cccc(CC)c1-c1c(C)nn(-c2[c-]c(Oc3[c-]c4c(cc3)c3ccccc3n4-c3cc(C)ccn3)cc(C)c2)c1C.[Pd+2]. The summed E-state index contributed by atoms with van der Waals surface area (Å²) in [5, 5.41) is 7.28. The van der Waals surface area contributed by atoms with Gasteiger partial charge in [0.05, 0.1) is 5.69 Å². The van der Waals surface area contributed by atoms with Gasteiger partial charge in [-0.1, -0.05) is 62.7 Å². The molecule has 7 aromatic rings. The molecule has 3 aromatic heterocycles. The first-order valence-corrected chi connectivity index (χ1v) is 15.6. The molecule has 0 spiro atoms. The molecule has 0 bridgehead atoms. The van der Waals surface area contributed by atoms with Gasteiger partial charge in [-0.3, -0.25) is 4.68 Å². The number of rotatable bonds is 7. The molecule has 0 saturated heterocycles. The van der Waals surface area contributed by atoms with Gasteiger partial charge in [0.25, 0.3) is 0 Å². The molecule has 4 aromatic carbocycles. The van der Waals surface area contributed by atoms with Crippen LogP contribution in [-0.4, -0.2) is 19.3 Å². The Bertz CT molecular complexity index is 2200. The predicted molar refractivity (Wildman–Crippen MR) is 183 cm³/mol. The third-order valence-corrected chi connectivity index (χ3v) is 8.65. The van der Waals surface area contributed by atoms with Gasteiger partial charge in [0.15, 0.2) is 0 Å². The van der Waals surface area contributed by atoms with Crippen LogP contribution in [0, 0.1) is 39.8 Å². The number of aryl methyl sites for hydroxylation is 5.